The average molecular weight is 856 g/mol. The van der Waals surface area contributed by atoms with Crippen LogP contribution in [0.25, 0.3) is 11.1 Å². The maximum absolute atomic E-state index is 13.8. The lowest BCUT2D eigenvalue weighted by Gasteiger charge is -2.43. The molecule has 0 bridgehead atoms. The number of likely N-dealkylation sites (tertiary alicyclic amines) is 1. The lowest BCUT2D eigenvalue weighted by Crippen LogP contribution is -2.50. The smallest absolute Gasteiger partial charge is 0.293 e. The monoisotopic (exact) mass is 854 g/mol. The van der Waals surface area contributed by atoms with E-state index in [0.29, 0.717) is 30.8 Å². The minimum atomic E-state index is -4.22. The normalized spacial score (nSPS) is 18.0. The molecular weight excluding hydrogens is 804 g/mol. The molecule has 3 atom stereocenters. The standard InChI is InChI=1S/C44H51ClN8O4S2/c1-31-25-36(20-23-51(31)27-33-9-7-8-12-39(33)32-13-15-34(45)16-14-32)52-24-21-40-42(28-52)46-30-47-44(40)49-59(56,57)38-17-18-41(43(26-38)53(54)55)48-35(19-22-50(2)3)29-58-37-10-5-4-6-11-37/h4-18,26,30-31,35-36,48H,19-25,27-29H2,1-3H3,(H,46,47,49)/t31-,35+,36?/m0/s1. The summed E-state index contributed by atoms with van der Waals surface area (Å²) >= 11 is 7.83. The minimum Gasteiger partial charge on any atom is -0.376 e. The first-order valence-corrected chi connectivity index (χ1v) is 22.8. The van der Waals surface area contributed by atoms with E-state index in [1.54, 1.807) is 11.8 Å². The predicted molar refractivity (Wildman–Crippen MR) is 238 cm³/mol. The molecule has 2 aliphatic rings. The van der Waals surface area contributed by atoms with Gasteiger partial charge in [-0.05, 0) is 106 Å². The van der Waals surface area contributed by atoms with E-state index in [9.17, 15) is 18.5 Å². The molecule has 0 spiro atoms. The lowest BCUT2D eigenvalue weighted by atomic mass is 9.93. The van der Waals surface area contributed by atoms with Gasteiger partial charge in [0.05, 0.1) is 15.5 Å². The molecular formula is C44H51ClN8O4S2. The zero-order valence-electron chi connectivity index (χ0n) is 33.6. The number of rotatable bonds is 16. The van der Waals surface area contributed by atoms with E-state index >= 15 is 0 Å². The summed E-state index contributed by atoms with van der Waals surface area (Å²) in [7, 11) is -0.252. The summed E-state index contributed by atoms with van der Waals surface area (Å²) in [6, 6.07) is 31.2. The van der Waals surface area contributed by atoms with Crippen molar-refractivity contribution in [2.45, 2.75) is 73.6 Å². The molecule has 7 rings (SSSR count). The van der Waals surface area contributed by atoms with Crippen LogP contribution in [0.1, 0.15) is 43.0 Å². The number of nitro benzene ring substituents is 1. The highest BCUT2D eigenvalue weighted by Crippen LogP contribution is 2.34. The Morgan fingerprint density at radius 2 is 1.76 bits per heavy atom. The van der Waals surface area contributed by atoms with E-state index in [2.05, 4.69) is 78.0 Å². The molecule has 3 heterocycles. The van der Waals surface area contributed by atoms with Crippen LogP contribution in [0.2, 0.25) is 5.02 Å². The molecule has 1 saturated heterocycles. The van der Waals surface area contributed by atoms with Crippen molar-refractivity contribution in [1.29, 1.82) is 0 Å². The zero-order chi connectivity index (χ0) is 41.5. The number of anilines is 2. The molecule has 2 N–H and O–H groups in total. The van der Waals surface area contributed by atoms with Crippen LogP contribution in [0.15, 0.2) is 113 Å². The van der Waals surface area contributed by atoms with Crippen LogP contribution in [-0.4, -0.2) is 95.6 Å². The number of piperidine rings is 1. The maximum atomic E-state index is 13.8. The largest absolute Gasteiger partial charge is 0.376 e. The summed E-state index contributed by atoms with van der Waals surface area (Å²) in [5, 5.41) is 16.4. The van der Waals surface area contributed by atoms with Crippen LogP contribution in [-0.2, 0) is 29.5 Å². The van der Waals surface area contributed by atoms with Gasteiger partial charge in [0, 0.05) is 71.6 Å². The number of nitrogens with one attached hydrogen (secondary N) is 2. The second-order valence-corrected chi connectivity index (χ2v) is 18.8. The van der Waals surface area contributed by atoms with Crippen molar-refractivity contribution in [3.8, 4) is 11.1 Å². The molecule has 310 valence electrons. The highest BCUT2D eigenvalue weighted by atomic mass is 35.5. The minimum absolute atomic E-state index is 0.104. The van der Waals surface area contributed by atoms with Crippen molar-refractivity contribution in [3.05, 3.63) is 135 Å². The number of halogens is 1. The number of nitro groups is 1. The number of nitrogens with zero attached hydrogens (tertiary/aromatic N) is 6. The first-order valence-electron chi connectivity index (χ1n) is 20.0. The molecule has 15 heteroatoms. The third-order valence-corrected chi connectivity index (χ3v) is 14.0. The number of fused-ring (bicyclic) bond motifs is 1. The number of benzene rings is 4. The molecule has 59 heavy (non-hydrogen) atoms. The lowest BCUT2D eigenvalue weighted by molar-refractivity contribution is -0.384. The van der Waals surface area contributed by atoms with E-state index in [4.69, 9.17) is 11.6 Å². The summed E-state index contributed by atoms with van der Waals surface area (Å²) in [5.74, 6) is 0.884. The Balaban J connectivity index is 0.998. The van der Waals surface area contributed by atoms with Gasteiger partial charge < -0.3 is 10.2 Å². The molecule has 1 unspecified atom stereocenters. The molecule has 0 radical (unpaired) electrons. The Kier molecular flexibility index (Phi) is 13.9. The zero-order valence-corrected chi connectivity index (χ0v) is 36.0. The van der Waals surface area contributed by atoms with Crippen LogP contribution < -0.4 is 10.0 Å². The van der Waals surface area contributed by atoms with E-state index in [1.165, 1.54) is 29.6 Å². The summed E-state index contributed by atoms with van der Waals surface area (Å²) in [4.78, 5) is 28.7. The van der Waals surface area contributed by atoms with Gasteiger partial charge >= 0.3 is 0 Å². The Hall–Kier alpha value is -4.57. The molecule has 5 aromatic rings. The van der Waals surface area contributed by atoms with E-state index in [0.717, 1.165) is 78.2 Å². The first-order chi connectivity index (χ1) is 28.4. The fourth-order valence-corrected chi connectivity index (χ4v) is 10.2. The van der Waals surface area contributed by atoms with E-state index < -0.39 is 14.9 Å². The van der Waals surface area contributed by atoms with Gasteiger partial charge in [0.15, 0.2) is 0 Å². The van der Waals surface area contributed by atoms with Gasteiger partial charge in [-0.2, -0.15) is 0 Å². The second kappa shape index (κ2) is 19.2. The summed E-state index contributed by atoms with van der Waals surface area (Å²) in [6.07, 6.45) is 4.73. The van der Waals surface area contributed by atoms with Crippen LogP contribution in [0.5, 0.6) is 0 Å². The number of hydrogen-bond donors (Lipinski definition) is 2. The fraction of sp³-hybridized carbons (Fsp3) is 0.364. The van der Waals surface area contributed by atoms with E-state index in [1.807, 2.05) is 56.6 Å². The summed E-state index contributed by atoms with van der Waals surface area (Å²) < 4.78 is 30.3. The highest BCUT2D eigenvalue weighted by Gasteiger charge is 2.33. The molecule has 0 aliphatic carbocycles. The van der Waals surface area contributed by atoms with Gasteiger partial charge in [-0.3, -0.25) is 24.6 Å². The van der Waals surface area contributed by atoms with Gasteiger partial charge in [-0.25, -0.2) is 18.4 Å². The van der Waals surface area contributed by atoms with Crippen molar-refractivity contribution in [1.82, 2.24) is 24.7 Å². The Bertz CT molecular complexity index is 2340. The van der Waals surface area contributed by atoms with Gasteiger partial charge in [-0.15, -0.1) is 11.8 Å². The van der Waals surface area contributed by atoms with Crippen LogP contribution in [0.3, 0.4) is 0 Å². The molecule has 0 amide bonds. The molecule has 12 nitrogen and oxygen atoms in total. The Morgan fingerprint density at radius 3 is 2.51 bits per heavy atom. The Labute approximate surface area is 356 Å². The molecule has 0 saturated carbocycles. The summed E-state index contributed by atoms with van der Waals surface area (Å²) in [6.45, 7) is 6.23. The number of hydrogen-bond acceptors (Lipinski definition) is 11. The Morgan fingerprint density at radius 1 is 1.00 bits per heavy atom. The topological polar surface area (TPSA) is 137 Å². The van der Waals surface area contributed by atoms with Gasteiger partial charge in [-0.1, -0.05) is 66.2 Å². The van der Waals surface area contributed by atoms with Gasteiger partial charge in [0.25, 0.3) is 15.7 Å². The van der Waals surface area contributed by atoms with Crippen molar-refractivity contribution in [2.75, 3.05) is 49.5 Å². The van der Waals surface area contributed by atoms with Crippen LogP contribution >= 0.6 is 23.4 Å². The maximum Gasteiger partial charge on any atom is 0.293 e. The van der Waals surface area contributed by atoms with Crippen molar-refractivity contribution in [2.24, 2.45) is 0 Å². The van der Waals surface area contributed by atoms with Crippen molar-refractivity contribution < 1.29 is 13.3 Å². The third kappa shape index (κ3) is 10.8. The fourth-order valence-electron chi connectivity index (χ4n) is 8.01. The molecule has 2 aliphatic heterocycles. The third-order valence-electron chi connectivity index (χ3n) is 11.3. The SMILES string of the molecule is C[C@H]1CC(N2CCc3c(ncnc3NS(=O)(=O)c3ccc(N[C@H](CCN(C)C)CSc4ccccc4)c([N+](=O)[O-])c3)C2)CCN1Cc1ccccc1-c1ccc(Cl)cc1. The quantitative estimate of drug-likeness (QED) is 0.0562. The number of sulfonamides is 1. The van der Waals surface area contributed by atoms with Crippen LogP contribution in [0, 0.1) is 10.1 Å². The molecule has 1 fully saturated rings. The molecule has 4 aromatic carbocycles. The van der Waals surface area contributed by atoms with Crippen molar-refractivity contribution >= 4 is 50.6 Å². The van der Waals surface area contributed by atoms with Crippen LogP contribution in [0.4, 0.5) is 17.2 Å². The molecule has 1 aromatic heterocycles. The summed E-state index contributed by atoms with van der Waals surface area (Å²) in [5.41, 5.74) is 5.18. The van der Waals surface area contributed by atoms with Crippen molar-refractivity contribution in [3.63, 3.8) is 0 Å². The van der Waals surface area contributed by atoms with Gasteiger partial charge in [0.1, 0.15) is 17.8 Å². The average Bonchev–Trinajstić information content (AvgIpc) is 3.23. The van der Waals surface area contributed by atoms with Gasteiger partial charge in [0.2, 0.25) is 0 Å². The first kappa shape index (κ1) is 42.6. The number of aromatic nitrogens is 2. The number of thioether (sulfide) groups is 1. The second-order valence-electron chi connectivity index (χ2n) is 15.6. The predicted octanol–water partition coefficient (Wildman–Crippen LogP) is 8.44. The highest BCUT2D eigenvalue weighted by molar-refractivity contribution is 7.99. The van der Waals surface area contributed by atoms with E-state index in [-0.39, 0.29) is 28.1 Å².